The van der Waals surface area contributed by atoms with Crippen LogP contribution in [0.3, 0.4) is 0 Å². The molecule has 2 amide bonds. The van der Waals surface area contributed by atoms with E-state index in [1.54, 1.807) is 35.4 Å². The van der Waals surface area contributed by atoms with E-state index in [1.165, 1.54) is 10.6 Å². The molecule has 0 spiro atoms. The number of thiophene rings is 1. The van der Waals surface area contributed by atoms with Crippen molar-refractivity contribution in [3.63, 3.8) is 0 Å². The number of hydrogen-bond acceptors (Lipinski definition) is 12. The van der Waals surface area contributed by atoms with Crippen LogP contribution in [0, 0.1) is 20.8 Å². The van der Waals surface area contributed by atoms with Crippen molar-refractivity contribution >= 4 is 40.5 Å². The second-order valence-electron chi connectivity index (χ2n) is 17.8. The number of halogens is 4. The van der Waals surface area contributed by atoms with Crippen molar-refractivity contribution in [1.29, 1.82) is 0 Å². The fourth-order valence-corrected chi connectivity index (χ4v) is 9.68. The molecule has 1 aliphatic rings. The van der Waals surface area contributed by atoms with Crippen molar-refractivity contribution in [3.8, 4) is 39.3 Å². The van der Waals surface area contributed by atoms with Crippen molar-refractivity contribution in [2.75, 3.05) is 33.8 Å². The van der Waals surface area contributed by atoms with Crippen LogP contribution in [0.25, 0.3) is 22.1 Å². The highest BCUT2D eigenvalue weighted by molar-refractivity contribution is 7.15. The van der Waals surface area contributed by atoms with Gasteiger partial charge in [-0.25, -0.2) is 0 Å². The molecule has 7 aromatic rings. The number of phenols is 2. The van der Waals surface area contributed by atoms with Crippen LogP contribution < -0.4 is 10.1 Å². The Morgan fingerprint density at radius 3 is 2.18 bits per heavy atom. The van der Waals surface area contributed by atoms with Crippen LogP contribution in [-0.2, 0) is 17.9 Å². The summed E-state index contributed by atoms with van der Waals surface area (Å²) >= 11 is 7.92. The van der Waals surface area contributed by atoms with Gasteiger partial charge in [-0.1, -0.05) is 61.8 Å². The summed E-state index contributed by atoms with van der Waals surface area (Å²) < 4.78 is 48.6. The van der Waals surface area contributed by atoms with Gasteiger partial charge in [0.25, 0.3) is 5.91 Å². The van der Waals surface area contributed by atoms with E-state index < -0.39 is 30.5 Å². The van der Waals surface area contributed by atoms with E-state index in [2.05, 4.69) is 39.1 Å². The molecule has 71 heavy (non-hydrogen) atoms. The van der Waals surface area contributed by atoms with E-state index in [1.807, 2.05) is 98.4 Å². The highest BCUT2D eigenvalue weighted by Gasteiger charge is 2.34. The molecule has 4 heterocycles. The van der Waals surface area contributed by atoms with Gasteiger partial charge in [0, 0.05) is 52.9 Å². The van der Waals surface area contributed by atoms with Crippen LogP contribution in [-0.4, -0.2) is 107 Å². The number of rotatable bonds is 16. The maximum Gasteiger partial charge on any atom is 0.405 e. The summed E-state index contributed by atoms with van der Waals surface area (Å²) in [6, 6.07) is 24.3. The Kier molecular flexibility index (Phi) is 14.7. The molecule has 1 atom stereocenters. The zero-order chi connectivity index (χ0) is 50.9. The number of phenolic OH excluding ortho intramolecular Hbond substituents is 2. The van der Waals surface area contributed by atoms with E-state index in [0.717, 1.165) is 49.5 Å². The molecular formula is C51H52ClF3N10O5S. The minimum Gasteiger partial charge on any atom is -0.508 e. The summed E-state index contributed by atoms with van der Waals surface area (Å²) in [5.74, 6) is -0.339. The van der Waals surface area contributed by atoms with Crippen LogP contribution in [0.15, 0.2) is 89.9 Å². The van der Waals surface area contributed by atoms with Crippen molar-refractivity contribution < 1.29 is 37.7 Å². The first kappa shape index (κ1) is 50.3. The molecule has 0 saturated carbocycles. The summed E-state index contributed by atoms with van der Waals surface area (Å²) in [4.78, 5) is 37.0. The largest absolute Gasteiger partial charge is 0.508 e. The van der Waals surface area contributed by atoms with Gasteiger partial charge in [-0.3, -0.25) is 28.6 Å². The number of aliphatic imine (C=N–C) groups is 1. The van der Waals surface area contributed by atoms with Crippen molar-refractivity contribution in [2.24, 2.45) is 4.99 Å². The number of alkyl halides is 3. The minimum atomic E-state index is -4.66. The van der Waals surface area contributed by atoms with E-state index in [9.17, 15) is 33.0 Å². The summed E-state index contributed by atoms with van der Waals surface area (Å²) in [5.41, 5.74) is 6.67. The molecule has 0 aliphatic carbocycles. The van der Waals surface area contributed by atoms with E-state index >= 15 is 0 Å². The normalized spacial score (nSPS) is 13.5. The van der Waals surface area contributed by atoms with E-state index in [4.69, 9.17) is 21.3 Å². The Hall–Kier alpha value is -7.09. The summed E-state index contributed by atoms with van der Waals surface area (Å²) in [5, 5.41) is 41.7. The molecule has 370 valence electrons. The number of carbonyl (C=O) groups excluding carboxylic acids is 2. The number of aromatic nitrogens is 6. The number of nitrogens with zero attached hydrogens (tertiary/aromatic N) is 9. The summed E-state index contributed by atoms with van der Waals surface area (Å²) in [7, 11) is 3.70. The number of ether oxygens (including phenoxy) is 1. The molecule has 0 bridgehead atoms. The quantitative estimate of drug-likeness (QED) is 0.0846. The van der Waals surface area contributed by atoms with Crippen LogP contribution >= 0.6 is 22.9 Å². The lowest BCUT2D eigenvalue weighted by Crippen LogP contribution is -2.35. The zero-order valence-corrected chi connectivity index (χ0v) is 41.6. The van der Waals surface area contributed by atoms with Crippen LogP contribution in [0.2, 0.25) is 5.02 Å². The average molecular weight is 1010 g/mol. The molecule has 3 aromatic heterocycles. The first-order chi connectivity index (χ1) is 33.8. The molecule has 20 heteroatoms. The molecule has 0 unspecified atom stereocenters. The lowest BCUT2D eigenvalue weighted by Gasteiger charge is -2.20. The van der Waals surface area contributed by atoms with Gasteiger partial charge in [0.15, 0.2) is 11.6 Å². The Balaban J connectivity index is 0.888. The standard InChI is InChI=1S/C51H52ClF3N10O5S/c1-28(2)38-22-39(42(67)24-41(38)66)46-59-61-48(49(69)56-27-51(53,54)55)65(46)36-16-8-32(9-17-36)25-62(6)26-33-10-18-37(19-11-33)70-21-20-63(7)43(68)23-40-47-60-58-31(5)64(47)50-44(29(3)30(4)71-50)45(57-40)34-12-14-35(52)15-13-34/h8-19,22,24,28,40,66-67H,20-21,23,25-27H2,1-7H3,(H,56,69)/t40-/m0/s1. The highest BCUT2D eigenvalue weighted by atomic mass is 35.5. The summed E-state index contributed by atoms with van der Waals surface area (Å²) in [6.45, 7) is 9.88. The minimum absolute atomic E-state index is 0.00524. The van der Waals surface area contributed by atoms with Crippen LogP contribution in [0.5, 0.6) is 17.2 Å². The van der Waals surface area contributed by atoms with Gasteiger partial charge in [-0.2, -0.15) is 13.2 Å². The van der Waals surface area contributed by atoms with Gasteiger partial charge in [0.2, 0.25) is 11.7 Å². The molecular weight excluding hydrogens is 957 g/mol. The third-order valence-electron chi connectivity index (χ3n) is 12.2. The van der Waals surface area contributed by atoms with Crippen molar-refractivity contribution in [1.82, 2.24) is 44.6 Å². The average Bonchev–Trinajstić information content (AvgIpc) is 3.99. The number of carbonyl (C=O) groups is 2. The molecule has 3 N–H and O–H groups in total. The maximum absolute atomic E-state index is 13.8. The predicted octanol–water partition coefficient (Wildman–Crippen LogP) is 9.43. The summed E-state index contributed by atoms with van der Waals surface area (Å²) in [6.07, 6.45) is -4.58. The molecule has 0 saturated heterocycles. The van der Waals surface area contributed by atoms with Crippen LogP contribution in [0.4, 0.5) is 13.2 Å². The third kappa shape index (κ3) is 11.1. The predicted molar refractivity (Wildman–Crippen MR) is 265 cm³/mol. The van der Waals surface area contributed by atoms with Crippen LogP contribution in [0.1, 0.15) is 92.8 Å². The number of likely N-dealkylation sites (N-methyl/N-ethyl adjacent to an activating group) is 1. The number of fused-ring (bicyclic) bond motifs is 3. The van der Waals surface area contributed by atoms with Gasteiger partial charge >= 0.3 is 6.18 Å². The number of aromatic hydroxyl groups is 2. The molecule has 0 radical (unpaired) electrons. The monoisotopic (exact) mass is 1010 g/mol. The zero-order valence-electron chi connectivity index (χ0n) is 40.0. The second-order valence-corrected chi connectivity index (χ2v) is 19.5. The van der Waals surface area contributed by atoms with Gasteiger partial charge in [0.05, 0.1) is 24.2 Å². The Morgan fingerprint density at radius 2 is 1.54 bits per heavy atom. The fourth-order valence-electron chi connectivity index (χ4n) is 8.35. The second kappa shape index (κ2) is 20.7. The topological polar surface area (TPSA) is 176 Å². The Labute approximate surface area is 417 Å². The first-order valence-corrected chi connectivity index (χ1v) is 23.9. The molecule has 8 rings (SSSR count). The molecule has 0 fully saturated rings. The number of nitrogens with one attached hydrogen (secondary N) is 1. The van der Waals surface area contributed by atoms with E-state index in [0.29, 0.717) is 53.3 Å². The number of benzene rings is 4. The SMILES string of the molecule is Cc1sc2c(c1C)C(c1ccc(Cl)cc1)=N[C@@H](CC(=O)N(C)CCOc1ccc(CN(C)Cc3ccc(-n4c(C(=O)NCC(F)(F)F)nnc4-c4cc(C(C)C)c(O)cc4O)cc3)cc1)c1nnc(C)n1-2. The number of amides is 2. The van der Waals surface area contributed by atoms with Crippen molar-refractivity contribution in [3.05, 3.63) is 146 Å². The van der Waals surface area contributed by atoms with Gasteiger partial charge in [-0.15, -0.1) is 31.7 Å². The smallest absolute Gasteiger partial charge is 0.405 e. The number of aryl methyl sites for hydroxylation is 2. The highest BCUT2D eigenvalue weighted by Crippen LogP contribution is 2.41. The van der Waals surface area contributed by atoms with E-state index in [-0.39, 0.29) is 47.7 Å². The molecule has 1 aliphatic heterocycles. The Bertz CT molecular complexity index is 3110. The first-order valence-electron chi connectivity index (χ1n) is 22.7. The van der Waals surface area contributed by atoms with Gasteiger partial charge < -0.3 is 25.2 Å². The molecule has 4 aromatic carbocycles. The molecule has 15 nitrogen and oxygen atoms in total. The van der Waals surface area contributed by atoms with Crippen molar-refractivity contribution in [2.45, 2.75) is 72.3 Å². The fraction of sp³-hybridized carbons (Fsp3) is 0.314. The maximum atomic E-state index is 13.8. The van der Waals surface area contributed by atoms with Gasteiger partial charge in [-0.05, 0) is 98.5 Å². The lowest BCUT2D eigenvalue weighted by atomic mass is 9.98. The third-order valence-corrected chi connectivity index (χ3v) is 13.6. The lowest BCUT2D eigenvalue weighted by molar-refractivity contribution is -0.130. The Morgan fingerprint density at radius 1 is 0.873 bits per heavy atom. The number of hydrogen-bond donors (Lipinski definition) is 3. The van der Waals surface area contributed by atoms with Gasteiger partial charge in [0.1, 0.15) is 47.3 Å².